The molecule has 0 radical (unpaired) electrons. The van der Waals surface area contributed by atoms with Crippen molar-refractivity contribution < 1.29 is 23.7 Å². The summed E-state index contributed by atoms with van der Waals surface area (Å²) in [4.78, 5) is 12.3. The van der Waals surface area contributed by atoms with E-state index in [0.717, 1.165) is 64.6 Å². The van der Waals surface area contributed by atoms with Gasteiger partial charge in [-0.05, 0) is 50.5 Å². The lowest BCUT2D eigenvalue weighted by Gasteiger charge is -2.28. The molecule has 3 fully saturated rings. The molecule has 3 rings (SSSR count). The summed E-state index contributed by atoms with van der Waals surface area (Å²) in [7, 11) is 0. The maximum Gasteiger partial charge on any atom is 0.161 e. The largest absolute Gasteiger partial charge is 0.353 e. The SMILES string of the molecule is C=C1C(=O)C[C@@H](OC2CCCCO2)[C@@H]1/C=C/[C@H](CCCCC)OC1CCCCO1. The summed E-state index contributed by atoms with van der Waals surface area (Å²) in [6.45, 7) is 7.77. The predicted octanol–water partition coefficient (Wildman–Crippen LogP) is 5.09. The number of carbonyl (C=O) groups is 1. The van der Waals surface area contributed by atoms with Gasteiger partial charge in [-0.3, -0.25) is 4.79 Å². The zero-order chi connectivity index (χ0) is 20.5. The molecule has 0 aromatic carbocycles. The molecule has 2 saturated heterocycles. The number of rotatable bonds is 10. The highest BCUT2D eigenvalue weighted by Gasteiger charge is 2.37. The normalized spacial score (nSPS) is 32.2. The summed E-state index contributed by atoms with van der Waals surface area (Å²) >= 11 is 0. The van der Waals surface area contributed by atoms with Gasteiger partial charge < -0.3 is 18.9 Å². The third-order valence-corrected chi connectivity index (χ3v) is 6.10. The van der Waals surface area contributed by atoms with Crippen LogP contribution in [0.1, 0.15) is 77.6 Å². The molecular formula is C24H38O5. The molecule has 5 heteroatoms. The van der Waals surface area contributed by atoms with Crippen molar-refractivity contribution in [2.24, 2.45) is 5.92 Å². The van der Waals surface area contributed by atoms with Crippen LogP contribution in [0, 0.1) is 5.92 Å². The number of ketones is 1. The first-order valence-corrected chi connectivity index (χ1v) is 11.6. The molecule has 2 aliphatic heterocycles. The quantitative estimate of drug-likeness (QED) is 0.287. The number of hydrogen-bond acceptors (Lipinski definition) is 5. The Labute approximate surface area is 175 Å². The van der Waals surface area contributed by atoms with Crippen LogP contribution in [0.4, 0.5) is 0 Å². The molecule has 0 N–H and O–H groups in total. The topological polar surface area (TPSA) is 54.0 Å². The summed E-state index contributed by atoms with van der Waals surface area (Å²) in [5, 5.41) is 0. The average molecular weight is 407 g/mol. The second-order valence-electron chi connectivity index (χ2n) is 8.50. The van der Waals surface area contributed by atoms with Crippen molar-refractivity contribution in [3.8, 4) is 0 Å². The van der Waals surface area contributed by atoms with E-state index in [1.807, 2.05) is 0 Å². The van der Waals surface area contributed by atoms with Crippen LogP contribution >= 0.6 is 0 Å². The van der Waals surface area contributed by atoms with Gasteiger partial charge in [0.25, 0.3) is 0 Å². The fraction of sp³-hybridized carbons (Fsp3) is 0.792. The third-order valence-electron chi connectivity index (χ3n) is 6.10. The van der Waals surface area contributed by atoms with Crippen LogP contribution in [0.25, 0.3) is 0 Å². The number of Topliss-reactive ketones (excluding diaryl/α,β-unsaturated/α-hetero) is 1. The number of ether oxygens (including phenoxy) is 4. The molecule has 5 nitrogen and oxygen atoms in total. The Hall–Kier alpha value is -1.01. The van der Waals surface area contributed by atoms with Crippen molar-refractivity contribution in [1.82, 2.24) is 0 Å². The first-order valence-electron chi connectivity index (χ1n) is 11.6. The average Bonchev–Trinajstić information content (AvgIpc) is 3.00. The smallest absolute Gasteiger partial charge is 0.161 e. The van der Waals surface area contributed by atoms with Crippen LogP contribution in [0.2, 0.25) is 0 Å². The highest BCUT2D eigenvalue weighted by Crippen LogP contribution is 2.33. The fourth-order valence-corrected chi connectivity index (χ4v) is 4.30. The number of hydrogen-bond donors (Lipinski definition) is 0. The van der Waals surface area contributed by atoms with E-state index in [0.29, 0.717) is 12.0 Å². The Kier molecular flexibility index (Phi) is 9.37. The van der Waals surface area contributed by atoms with Crippen LogP contribution in [-0.4, -0.2) is 43.8 Å². The van der Waals surface area contributed by atoms with Gasteiger partial charge in [-0.2, -0.15) is 0 Å². The molecule has 164 valence electrons. The van der Waals surface area contributed by atoms with E-state index in [1.54, 1.807) is 0 Å². The Morgan fingerprint density at radius 3 is 2.48 bits per heavy atom. The highest BCUT2D eigenvalue weighted by molar-refractivity contribution is 5.98. The van der Waals surface area contributed by atoms with Crippen LogP contribution in [-0.2, 0) is 23.7 Å². The van der Waals surface area contributed by atoms with Crippen LogP contribution < -0.4 is 0 Å². The standard InChI is InChI=1S/C24H38O5/c1-3-4-5-10-19(28-23-11-6-8-15-26-23)13-14-20-18(2)21(25)17-22(20)29-24-12-7-9-16-27-24/h13-14,19-20,22-24H,2-12,15-17H2,1H3/b14-13+/t19-,20+,22+,23?,24?/m0/s1. The second-order valence-corrected chi connectivity index (χ2v) is 8.50. The Morgan fingerprint density at radius 2 is 1.83 bits per heavy atom. The van der Waals surface area contributed by atoms with Crippen LogP contribution in [0.15, 0.2) is 24.3 Å². The van der Waals surface area contributed by atoms with Gasteiger partial charge >= 0.3 is 0 Å². The number of unbranched alkanes of at least 4 members (excludes halogenated alkanes) is 2. The van der Waals surface area contributed by atoms with E-state index in [2.05, 4.69) is 25.7 Å². The molecule has 3 aliphatic rings. The van der Waals surface area contributed by atoms with Crippen LogP contribution in [0.3, 0.4) is 0 Å². The second kappa shape index (κ2) is 12.0. The maximum atomic E-state index is 12.3. The van der Waals surface area contributed by atoms with Crippen molar-refractivity contribution in [1.29, 1.82) is 0 Å². The van der Waals surface area contributed by atoms with Crippen molar-refractivity contribution in [3.63, 3.8) is 0 Å². The summed E-state index contributed by atoms with van der Waals surface area (Å²) in [5.41, 5.74) is 0.642. The minimum atomic E-state index is -0.199. The molecule has 2 heterocycles. The molecule has 29 heavy (non-hydrogen) atoms. The first-order chi connectivity index (χ1) is 14.2. The lowest BCUT2D eigenvalue weighted by molar-refractivity contribution is -0.190. The summed E-state index contributed by atoms with van der Waals surface area (Å²) in [5.74, 6) is -0.00268. The summed E-state index contributed by atoms with van der Waals surface area (Å²) in [6, 6.07) is 0. The van der Waals surface area contributed by atoms with Gasteiger partial charge in [-0.1, -0.05) is 44.9 Å². The first kappa shape index (κ1) is 22.7. The minimum absolute atomic E-state index is 0.000248. The third kappa shape index (κ3) is 7.02. The van der Waals surface area contributed by atoms with Crippen molar-refractivity contribution >= 4 is 5.78 Å². The molecule has 0 aromatic heterocycles. The van der Waals surface area contributed by atoms with Crippen molar-refractivity contribution in [3.05, 3.63) is 24.3 Å². The van der Waals surface area contributed by atoms with E-state index < -0.39 is 0 Å². The highest BCUT2D eigenvalue weighted by atomic mass is 16.7. The lowest BCUT2D eigenvalue weighted by atomic mass is 9.99. The van der Waals surface area contributed by atoms with Gasteiger partial charge in [0.2, 0.25) is 0 Å². The molecule has 0 amide bonds. The van der Waals surface area contributed by atoms with Gasteiger partial charge in [-0.15, -0.1) is 0 Å². The van der Waals surface area contributed by atoms with Gasteiger partial charge in [0.15, 0.2) is 18.4 Å². The van der Waals surface area contributed by atoms with E-state index >= 15 is 0 Å². The number of carbonyl (C=O) groups excluding carboxylic acids is 1. The van der Waals surface area contributed by atoms with E-state index in [4.69, 9.17) is 18.9 Å². The van der Waals surface area contributed by atoms with Crippen LogP contribution in [0.5, 0.6) is 0 Å². The molecule has 0 spiro atoms. The lowest BCUT2D eigenvalue weighted by Crippen LogP contribution is -2.30. The van der Waals surface area contributed by atoms with Crippen molar-refractivity contribution in [2.75, 3.05) is 13.2 Å². The maximum absolute atomic E-state index is 12.3. The fourth-order valence-electron chi connectivity index (χ4n) is 4.30. The zero-order valence-electron chi connectivity index (χ0n) is 18.0. The van der Waals surface area contributed by atoms with Gasteiger partial charge in [0.1, 0.15) is 0 Å². The molecule has 5 atom stereocenters. The van der Waals surface area contributed by atoms with Gasteiger partial charge in [0.05, 0.1) is 12.2 Å². The molecule has 1 saturated carbocycles. The Bertz CT molecular complexity index is 545. The minimum Gasteiger partial charge on any atom is -0.353 e. The molecular weight excluding hydrogens is 368 g/mol. The molecule has 0 aromatic rings. The van der Waals surface area contributed by atoms with E-state index in [-0.39, 0.29) is 36.5 Å². The zero-order valence-corrected chi connectivity index (χ0v) is 18.0. The monoisotopic (exact) mass is 406 g/mol. The summed E-state index contributed by atoms with van der Waals surface area (Å²) < 4.78 is 23.9. The molecule has 2 unspecified atom stereocenters. The molecule has 1 aliphatic carbocycles. The van der Waals surface area contributed by atoms with E-state index in [9.17, 15) is 4.79 Å². The Balaban J connectivity index is 1.61. The van der Waals surface area contributed by atoms with Crippen molar-refractivity contribution in [2.45, 2.75) is 102 Å². The van der Waals surface area contributed by atoms with Gasteiger partial charge in [-0.25, -0.2) is 0 Å². The predicted molar refractivity (Wildman–Crippen MR) is 112 cm³/mol. The summed E-state index contributed by atoms with van der Waals surface area (Å²) in [6.07, 6.45) is 14.9. The molecule has 0 bridgehead atoms. The Morgan fingerprint density at radius 1 is 1.10 bits per heavy atom. The van der Waals surface area contributed by atoms with E-state index in [1.165, 1.54) is 12.8 Å². The van der Waals surface area contributed by atoms with Gasteiger partial charge in [0, 0.05) is 25.6 Å².